The van der Waals surface area contributed by atoms with Crippen molar-refractivity contribution in [3.8, 4) is 0 Å². The molecule has 1 saturated carbocycles. The number of hydrogen-bond acceptors (Lipinski definition) is 3. The highest BCUT2D eigenvalue weighted by molar-refractivity contribution is 6.66. The van der Waals surface area contributed by atoms with Gasteiger partial charge in [0.05, 0.1) is 0 Å². The molecule has 0 aromatic heterocycles. The van der Waals surface area contributed by atoms with E-state index in [1.807, 2.05) is 7.05 Å². The second kappa shape index (κ2) is 14.6. The summed E-state index contributed by atoms with van der Waals surface area (Å²) < 4.78 is 0. The van der Waals surface area contributed by atoms with Gasteiger partial charge < -0.3 is 16.0 Å². The van der Waals surface area contributed by atoms with E-state index < -0.39 is 0 Å². The van der Waals surface area contributed by atoms with Crippen LogP contribution in [0.4, 0.5) is 0 Å². The molecule has 1 aromatic rings. The summed E-state index contributed by atoms with van der Waals surface area (Å²) in [4.78, 5) is 0. The first-order chi connectivity index (χ1) is 15.5. The van der Waals surface area contributed by atoms with Crippen LogP contribution in [0.3, 0.4) is 0 Å². The first-order valence-electron chi connectivity index (χ1n) is 13.0. The zero-order valence-corrected chi connectivity index (χ0v) is 21.5. The summed E-state index contributed by atoms with van der Waals surface area (Å²) in [5, 5.41) is 9.79. The zero-order chi connectivity index (χ0) is 23.3. The smallest absolute Gasteiger partial charge is 0.198 e. The summed E-state index contributed by atoms with van der Waals surface area (Å²) in [6.07, 6.45) is 13.4. The van der Waals surface area contributed by atoms with Crippen molar-refractivity contribution in [2.75, 3.05) is 20.1 Å². The van der Waals surface area contributed by atoms with E-state index in [4.69, 9.17) is 0 Å². The fourth-order valence-corrected chi connectivity index (χ4v) is 5.00. The minimum Gasteiger partial charge on any atom is -0.396 e. The second-order valence-corrected chi connectivity index (χ2v) is 10.1. The first kappa shape index (κ1) is 26.7. The molecular weight excluding hydrogens is 389 g/mol. The van der Waals surface area contributed by atoms with Gasteiger partial charge in [-0.25, -0.2) is 0 Å². The normalized spacial score (nSPS) is 19.2. The van der Waals surface area contributed by atoms with Gasteiger partial charge in [-0.3, -0.25) is 0 Å². The van der Waals surface area contributed by atoms with Crippen molar-refractivity contribution in [1.82, 2.24) is 16.0 Å². The maximum absolute atomic E-state index is 4.09. The molecule has 1 atom stereocenters. The van der Waals surface area contributed by atoms with Crippen molar-refractivity contribution in [2.24, 2.45) is 5.92 Å². The van der Waals surface area contributed by atoms with Crippen molar-refractivity contribution < 1.29 is 0 Å². The monoisotopic (exact) mass is 437 g/mol. The number of allylic oxidation sites excluding steroid dienone is 1. The lowest BCUT2D eigenvalue weighted by molar-refractivity contribution is 0.349. The van der Waals surface area contributed by atoms with Crippen molar-refractivity contribution >= 4 is 12.3 Å². The molecule has 0 saturated heterocycles. The molecule has 1 fully saturated rings. The van der Waals surface area contributed by atoms with Crippen molar-refractivity contribution in [3.05, 3.63) is 53.6 Å². The Kier molecular flexibility index (Phi) is 12.2. The van der Waals surface area contributed by atoms with Gasteiger partial charge >= 0.3 is 0 Å². The largest absolute Gasteiger partial charge is 0.396 e. The summed E-state index contributed by atoms with van der Waals surface area (Å²) in [6, 6.07) is 7.24. The molecule has 0 spiro atoms. The highest BCUT2D eigenvalue weighted by Crippen LogP contribution is 2.29. The lowest BCUT2D eigenvalue weighted by atomic mass is 9.39. The Morgan fingerprint density at radius 3 is 2.53 bits per heavy atom. The molecule has 1 unspecified atom stereocenters. The fourth-order valence-electron chi connectivity index (χ4n) is 5.00. The van der Waals surface area contributed by atoms with Crippen LogP contribution in [0.5, 0.6) is 0 Å². The van der Waals surface area contributed by atoms with Crippen LogP contribution in [0, 0.1) is 5.92 Å². The van der Waals surface area contributed by atoms with Crippen LogP contribution in [0.1, 0.15) is 82.9 Å². The first-order valence-corrected chi connectivity index (χ1v) is 13.0. The van der Waals surface area contributed by atoms with E-state index in [1.54, 1.807) is 0 Å². The van der Waals surface area contributed by atoms with E-state index in [1.165, 1.54) is 60.8 Å². The van der Waals surface area contributed by atoms with E-state index in [0.717, 1.165) is 31.7 Å². The molecule has 0 radical (unpaired) electrons. The Morgan fingerprint density at radius 2 is 1.94 bits per heavy atom. The molecule has 2 heterocycles. The summed E-state index contributed by atoms with van der Waals surface area (Å²) in [7, 11) is 1.96. The van der Waals surface area contributed by atoms with Gasteiger partial charge in [0.25, 0.3) is 0 Å². The van der Waals surface area contributed by atoms with E-state index in [2.05, 4.69) is 80.6 Å². The Bertz CT molecular complexity index is 707. The molecule has 1 aliphatic carbocycles. The Labute approximate surface area is 199 Å². The molecule has 3 aliphatic rings. The van der Waals surface area contributed by atoms with E-state index in [9.17, 15) is 0 Å². The molecule has 4 heteroatoms. The van der Waals surface area contributed by atoms with Crippen molar-refractivity contribution in [1.29, 1.82) is 0 Å². The number of nitrogens with one attached hydrogen (secondary N) is 3. The maximum Gasteiger partial charge on any atom is 0.198 e. The second-order valence-electron chi connectivity index (χ2n) is 10.1. The van der Waals surface area contributed by atoms with Gasteiger partial charge in [-0.15, -0.1) is 0 Å². The molecule has 2 aliphatic heterocycles. The Balaban J connectivity index is 0.000000192. The predicted octanol–water partition coefficient (Wildman–Crippen LogP) is 5.60. The van der Waals surface area contributed by atoms with Crippen LogP contribution >= 0.6 is 0 Å². The lowest BCUT2D eigenvalue weighted by Crippen LogP contribution is -2.42. The summed E-state index contributed by atoms with van der Waals surface area (Å²) in [5.41, 5.74) is 5.56. The van der Waals surface area contributed by atoms with Crippen molar-refractivity contribution in [2.45, 2.75) is 90.9 Å². The highest BCUT2D eigenvalue weighted by Gasteiger charge is 2.32. The third kappa shape index (κ3) is 8.79. The zero-order valence-electron chi connectivity index (χ0n) is 21.5. The number of likely N-dealkylation sites (N-methyl/N-ethyl adjacent to an activating group) is 1. The van der Waals surface area contributed by atoms with E-state index in [-0.39, 0.29) is 0 Å². The quantitative estimate of drug-likeness (QED) is 0.401. The summed E-state index contributed by atoms with van der Waals surface area (Å²) in [5.74, 6) is 4.01. The van der Waals surface area contributed by atoms with Crippen LogP contribution < -0.4 is 16.0 Å². The third-order valence-corrected chi connectivity index (χ3v) is 7.01. The van der Waals surface area contributed by atoms with E-state index in [0.29, 0.717) is 18.7 Å². The van der Waals surface area contributed by atoms with Gasteiger partial charge in [0, 0.05) is 25.1 Å². The van der Waals surface area contributed by atoms with Crippen LogP contribution in [0.15, 0.2) is 37.0 Å². The number of benzene rings is 1. The van der Waals surface area contributed by atoms with Gasteiger partial charge in [-0.05, 0) is 55.5 Å². The standard InChI is InChI=1S/C14H16BN.C8H16.C6H16N2/c1-10(2)12-5-3-4-11-8-14-15(6-7-16-14)9-13(11)12;1-2-8-6-4-3-5-7-8;1-6(2)8-5-4-7-3/h3-7,14,16H,1,8-9H2,2H3;8H,2-7H2,1H3;6-8H,4-5H2,1-3H3. The molecule has 0 amide bonds. The Hall–Kier alpha value is -1.52. The maximum atomic E-state index is 4.09. The van der Waals surface area contributed by atoms with Gasteiger partial charge in [0.2, 0.25) is 0 Å². The molecule has 3 N–H and O–H groups in total. The average Bonchev–Trinajstić information content (AvgIpc) is 3.26. The molecular formula is C28H48BN3. The third-order valence-electron chi connectivity index (χ3n) is 7.01. The molecule has 32 heavy (non-hydrogen) atoms. The van der Waals surface area contributed by atoms with Crippen LogP contribution in [0.2, 0.25) is 0 Å². The molecule has 0 bridgehead atoms. The molecule has 4 rings (SSSR count). The predicted molar refractivity (Wildman–Crippen MR) is 144 cm³/mol. The Morgan fingerprint density at radius 1 is 1.19 bits per heavy atom. The topological polar surface area (TPSA) is 36.1 Å². The number of hydrogen-bond donors (Lipinski definition) is 3. The van der Waals surface area contributed by atoms with Crippen LogP contribution in [-0.2, 0) is 12.7 Å². The van der Waals surface area contributed by atoms with Crippen LogP contribution in [0.25, 0.3) is 5.57 Å². The average molecular weight is 438 g/mol. The number of rotatable bonds is 6. The summed E-state index contributed by atoms with van der Waals surface area (Å²) in [6.45, 7) is 15.6. The lowest BCUT2D eigenvalue weighted by Gasteiger charge is -2.27. The van der Waals surface area contributed by atoms with Gasteiger partial charge in [0.1, 0.15) is 0 Å². The highest BCUT2D eigenvalue weighted by atomic mass is 14.9. The number of fused-ring (bicyclic) bond motifs is 2. The SMILES string of the molecule is C=C(C)c1cccc2c1CB1C=CNC1C2.CCC1CCCCC1.CNCCNC(C)C. The molecule has 1 aromatic carbocycles. The molecule has 178 valence electrons. The van der Waals surface area contributed by atoms with Crippen LogP contribution in [-0.4, -0.2) is 38.8 Å². The summed E-state index contributed by atoms with van der Waals surface area (Å²) >= 11 is 0. The molecule has 3 nitrogen and oxygen atoms in total. The van der Waals surface area contributed by atoms with Gasteiger partial charge in [0.15, 0.2) is 6.71 Å². The fraction of sp³-hybridized carbons (Fsp3) is 0.643. The minimum atomic E-state index is 0.614. The van der Waals surface area contributed by atoms with E-state index >= 15 is 0 Å². The van der Waals surface area contributed by atoms with Gasteiger partial charge in [-0.1, -0.05) is 95.6 Å². The van der Waals surface area contributed by atoms with Crippen molar-refractivity contribution in [3.63, 3.8) is 0 Å². The van der Waals surface area contributed by atoms with Gasteiger partial charge in [-0.2, -0.15) is 0 Å². The minimum absolute atomic E-state index is 0.614.